The fourth-order valence-electron chi connectivity index (χ4n) is 1.62. The lowest BCUT2D eigenvalue weighted by atomic mass is 10.1. The number of aryl methyl sites for hydroxylation is 1. The quantitative estimate of drug-likeness (QED) is 0.729. The molecule has 1 atom stereocenters. The van der Waals surface area contributed by atoms with Crippen LogP contribution in [-0.4, -0.2) is 0 Å². The summed E-state index contributed by atoms with van der Waals surface area (Å²) in [5.41, 5.74) is 1.82. The Labute approximate surface area is 98.8 Å². The minimum atomic E-state index is -0.232. The van der Waals surface area contributed by atoms with Gasteiger partial charge in [-0.15, -0.1) is 11.6 Å². The molecule has 0 amide bonds. The molecule has 0 saturated carbocycles. The first-order valence-electron chi connectivity index (χ1n) is 5.08. The highest BCUT2D eigenvalue weighted by atomic mass is 35.5. The van der Waals surface area contributed by atoms with Gasteiger partial charge in [0.2, 0.25) is 0 Å². The van der Waals surface area contributed by atoms with Crippen molar-refractivity contribution in [1.82, 2.24) is 0 Å². The average molecular weight is 239 g/mol. The molecule has 2 aromatic rings. The fraction of sp³-hybridized carbons (Fsp3) is 0.231. The van der Waals surface area contributed by atoms with Crippen molar-refractivity contribution in [2.75, 3.05) is 0 Å². The van der Waals surface area contributed by atoms with Crippen molar-refractivity contribution in [3.63, 3.8) is 0 Å². The molecule has 84 valence electrons. The largest absolute Gasteiger partial charge is 0.469 e. The molecule has 0 saturated heterocycles. The molecule has 0 N–H and O–H groups in total. The topological polar surface area (TPSA) is 13.1 Å². The third kappa shape index (κ3) is 2.64. The highest BCUT2D eigenvalue weighted by Crippen LogP contribution is 2.26. The van der Waals surface area contributed by atoms with Gasteiger partial charge in [-0.3, -0.25) is 0 Å². The van der Waals surface area contributed by atoms with E-state index in [0.29, 0.717) is 6.42 Å². The standard InChI is InChI=1S/C13H12ClFO/c1-9-5-11(8-16-9)13(14)7-10-3-2-4-12(15)6-10/h2-6,8,13H,7H2,1H3. The van der Waals surface area contributed by atoms with Gasteiger partial charge in [-0.1, -0.05) is 12.1 Å². The summed E-state index contributed by atoms with van der Waals surface area (Å²) in [6.07, 6.45) is 2.24. The first kappa shape index (κ1) is 11.2. The van der Waals surface area contributed by atoms with Gasteiger partial charge in [0.05, 0.1) is 11.6 Å². The second-order valence-corrected chi connectivity index (χ2v) is 4.32. The van der Waals surface area contributed by atoms with Crippen molar-refractivity contribution in [2.24, 2.45) is 0 Å². The third-order valence-electron chi connectivity index (χ3n) is 2.42. The van der Waals surface area contributed by atoms with Crippen molar-refractivity contribution in [3.05, 3.63) is 59.3 Å². The van der Waals surface area contributed by atoms with Crippen LogP contribution in [0.25, 0.3) is 0 Å². The molecule has 0 aliphatic rings. The summed E-state index contributed by atoms with van der Waals surface area (Å²) in [5, 5.41) is -0.181. The van der Waals surface area contributed by atoms with Crippen LogP contribution in [0.1, 0.15) is 22.3 Å². The number of rotatable bonds is 3. The van der Waals surface area contributed by atoms with Crippen molar-refractivity contribution >= 4 is 11.6 Å². The number of hydrogen-bond acceptors (Lipinski definition) is 1. The van der Waals surface area contributed by atoms with Crippen LogP contribution in [0.5, 0.6) is 0 Å². The molecule has 2 rings (SSSR count). The van der Waals surface area contributed by atoms with Crippen LogP contribution in [0.2, 0.25) is 0 Å². The Morgan fingerprint density at radius 1 is 1.38 bits per heavy atom. The van der Waals surface area contributed by atoms with Gasteiger partial charge in [0.25, 0.3) is 0 Å². The van der Waals surface area contributed by atoms with Crippen LogP contribution in [0.4, 0.5) is 4.39 Å². The molecule has 1 unspecified atom stereocenters. The van der Waals surface area contributed by atoms with Gasteiger partial charge < -0.3 is 4.42 Å². The van der Waals surface area contributed by atoms with E-state index in [2.05, 4.69) is 0 Å². The van der Waals surface area contributed by atoms with Crippen molar-refractivity contribution < 1.29 is 8.81 Å². The monoisotopic (exact) mass is 238 g/mol. The summed E-state index contributed by atoms with van der Waals surface area (Å²) in [7, 11) is 0. The van der Waals surface area contributed by atoms with Gasteiger partial charge in [0, 0.05) is 5.56 Å². The molecule has 0 spiro atoms. The van der Waals surface area contributed by atoms with Crippen LogP contribution in [-0.2, 0) is 6.42 Å². The van der Waals surface area contributed by atoms with E-state index in [9.17, 15) is 4.39 Å². The zero-order chi connectivity index (χ0) is 11.5. The Kier molecular flexibility index (Phi) is 3.30. The Morgan fingerprint density at radius 3 is 2.81 bits per heavy atom. The maximum Gasteiger partial charge on any atom is 0.123 e. The maximum atomic E-state index is 13.0. The summed E-state index contributed by atoms with van der Waals surface area (Å²) < 4.78 is 18.2. The molecule has 0 fully saturated rings. The molecule has 0 aliphatic heterocycles. The molecular weight excluding hydrogens is 227 g/mol. The Balaban J connectivity index is 2.10. The molecule has 3 heteroatoms. The number of alkyl halides is 1. The maximum absolute atomic E-state index is 13.0. The Bertz CT molecular complexity index is 478. The van der Waals surface area contributed by atoms with Gasteiger partial charge in [-0.05, 0) is 37.1 Å². The molecule has 1 nitrogen and oxygen atoms in total. The minimum absolute atomic E-state index is 0.181. The second kappa shape index (κ2) is 4.71. The van der Waals surface area contributed by atoms with Crippen molar-refractivity contribution in [1.29, 1.82) is 0 Å². The molecule has 0 radical (unpaired) electrons. The summed E-state index contributed by atoms with van der Waals surface area (Å²) in [5.74, 6) is 0.602. The Hall–Kier alpha value is -1.28. The summed E-state index contributed by atoms with van der Waals surface area (Å²) in [6.45, 7) is 1.87. The highest BCUT2D eigenvalue weighted by molar-refractivity contribution is 6.20. The van der Waals surface area contributed by atoms with Gasteiger partial charge in [0.15, 0.2) is 0 Å². The number of benzene rings is 1. The lowest BCUT2D eigenvalue weighted by Crippen LogP contribution is -1.94. The predicted octanol–water partition coefficient (Wildman–Crippen LogP) is 4.25. The molecular formula is C13H12ClFO. The molecule has 0 bridgehead atoms. The summed E-state index contributed by atoms with van der Waals surface area (Å²) in [6, 6.07) is 8.38. The molecule has 1 aromatic carbocycles. The summed E-state index contributed by atoms with van der Waals surface area (Å²) >= 11 is 6.22. The van der Waals surface area contributed by atoms with E-state index < -0.39 is 0 Å². The molecule has 0 aliphatic carbocycles. The van der Waals surface area contributed by atoms with Crippen LogP contribution in [0, 0.1) is 12.7 Å². The van der Waals surface area contributed by atoms with Gasteiger partial charge in [-0.2, -0.15) is 0 Å². The first-order valence-corrected chi connectivity index (χ1v) is 5.52. The van der Waals surface area contributed by atoms with Crippen molar-refractivity contribution in [2.45, 2.75) is 18.7 Å². The number of halogens is 2. The van der Waals surface area contributed by atoms with Crippen LogP contribution >= 0.6 is 11.6 Å². The Morgan fingerprint density at radius 2 is 2.19 bits per heavy atom. The van der Waals surface area contributed by atoms with E-state index in [1.165, 1.54) is 12.1 Å². The fourth-order valence-corrected chi connectivity index (χ4v) is 1.91. The van der Waals surface area contributed by atoms with Gasteiger partial charge >= 0.3 is 0 Å². The van der Waals surface area contributed by atoms with E-state index in [-0.39, 0.29) is 11.2 Å². The van der Waals surface area contributed by atoms with E-state index in [1.807, 2.05) is 19.1 Å². The average Bonchev–Trinajstić information content (AvgIpc) is 2.65. The van der Waals surface area contributed by atoms with E-state index in [1.54, 1.807) is 12.3 Å². The lowest BCUT2D eigenvalue weighted by Gasteiger charge is -2.06. The van der Waals surface area contributed by atoms with Gasteiger partial charge in [-0.25, -0.2) is 4.39 Å². The highest BCUT2D eigenvalue weighted by Gasteiger charge is 2.11. The first-order chi connectivity index (χ1) is 7.65. The molecule has 1 aromatic heterocycles. The summed E-state index contributed by atoms with van der Waals surface area (Å²) in [4.78, 5) is 0. The zero-order valence-electron chi connectivity index (χ0n) is 8.91. The normalized spacial score (nSPS) is 12.7. The third-order valence-corrected chi connectivity index (χ3v) is 2.82. The second-order valence-electron chi connectivity index (χ2n) is 3.79. The SMILES string of the molecule is Cc1cc(C(Cl)Cc2cccc(F)c2)co1. The van der Waals surface area contributed by atoms with E-state index >= 15 is 0 Å². The van der Waals surface area contributed by atoms with Crippen LogP contribution in [0.3, 0.4) is 0 Å². The zero-order valence-corrected chi connectivity index (χ0v) is 9.67. The number of furan rings is 1. The van der Waals surface area contributed by atoms with Crippen LogP contribution < -0.4 is 0 Å². The minimum Gasteiger partial charge on any atom is -0.469 e. The lowest BCUT2D eigenvalue weighted by molar-refractivity contribution is 0.531. The van der Waals surface area contributed by atoms with Gasteiger partial charge in [0.1, 0.15) is 11.6 Å². The molecule has 16 heavy (non-hydrogen) atoms. The van der Waals surface area contributed by atoms with Crippen LogP contribution in [0.15, 0.2) is 41.0 Å². The van der Waals surface area contributed by atoms with E-state index in [4.69, 9.17) is 16.0 Å². The van der Waals surface area contributed by atoms with E-state index in [0.717, 1.165) is 16.9 Å². The van der Waals surface area contributed by atoms with Crippen molar-refractivity contribution in [3.8, 4) is 0 Å². The smallest absolute Gasteiger partial charge is 0.123 e. The molecule has 1 heterocycles. The predicted molar refractivity (Wildman–Crippen MR) is 62.1 cm³/mol. The number of hydrogen-bond donors (Lipinski definition) is 0.